The summed E-state index contributed by atoms with van der Waals surface area (Å²) in [6, 6.07) is 9.74. The van der Waals surface area contributed by atoms with E-state index in [1.54, 1.807) is 29.4 Å². The van der Waals surface area contributed by atoms with Gasteiger partial charge in [0, 0.05) is 22.9 Å². The molecule has 100 valence electrons. The Hall–Kier alpha value is -1.92. The molecule has 1 amide bonds. The van der Waals surface area contributed by atoms with Crippen molar-refractivity contribution >= 4 is 44.9 Å². The zero-order valence-electron chi connectivity index (χ0n) is 10.7. The normalized spacial score (nSPS) is 10.7. The number of carbonyl (C=O) groups is 1. The van der Waals surface area contributed by atoms with Crippen LogP contribution in [0.3, 0.4) is 0 Å². The van der Waals surface area contributed by atoms with Crippen LogP contribution in [0.1, 0.15) is 6.92 Å². The smallest absolute Gasteiger partial charge is 0.221 e. The third-order valence-corrected chi connectivity index (χ3v) is 4.46. The highest BCUT2D eigenvalue weighted by Gasteiger charge is 2.06. The van der Waals surface area contributed by atoms with E-state index in [1.807, 2.05) is 35.7 Å². The van der Waals surface area contributed by atoms with Crippen molar-refractivity contribution in [1.29, 1.82) is 0 Å². The van der Waals surface area contributed by atoms with E-state index in [-0.39, 0.29) is 5.91 Å². The second kappa shape index (κ2) is 5.60. The summed E-state index contributed by atoms with van der Waals surface area (Å²) >= 11 is 3.20. The van der Waals surface area contributed by atoms with E-state index < -0.39 is 0 Å². The number of thiophene rings is 1. The number of nitrogens with zero attached hydrogens (tertiary/aromatic N) is 2. The molecule has 0 fully saturated rings. The second-order valence-corrected chi connectivity index (χ2v) is 6.08. The van der Waals surface area contributed by atoms with Crippen LogP contribution in [0.15, 0.2) is 52.0 Å². The molecule has 1 N–H and O–H groups in total. The van der Waals surface area contributed by atoms with Gasteiger partial charge in [0.1, 0.15) is 16.2 Å². The average Bonchev–Trinajstić information content (AvgIpc) is 2.90. The first kappa shape index (κ1) is 13.1. The van der Waals surface area contributed by atoms with Crippen molar-refractivity contribution in [1.82, 2.24) is 9.97 Å². The maximum absolute atomic E-state index is 11.0. The van der Waals surface area contributed by atoms with E-state index in [2.05, 4.69) is 15.3 Å². The third-order valence-electron chi connectivity index (χ3n) is 2.61. The van der Waals surface area contributed by atoms with E-state index >= 15 is 0 Å². The fourth-order valence-electron chi connectivity index (χ4n) is 1.77. The van der Waals surface area contributed by atoms with Crippen molar-refractivity contribution in [2.75, 3.05) is 5.32 Å². The fourth-order valence-corrected chi connectivity index (χ4v) is 3.44. The number of anilines is 1. The monoisotopic (exact) mass is 301 g/mol. The van der Waals surface area contributed by atoms with Gasteiger partial charge in [0.25, 0.3) is 0 Å². The Kier molecular flexibility index (Phi) is 3.66. The standard InChI is InChI=1S/C14H11N3OS2/c1-9(18)17-10-2-4-11(5-3-10)20-14-12-6-7-19-13(12)15-8-16-14/h2-8H,1H3,(H,17,18). The molecule has 20 heavy (non-hydrogen) atoms. The third kappa shape index (κ3) is 2.81. The zero-order chi connectivity index (χ0) is 13.9. The molecule has 3 aromatic rings. The molecule has 0 aliphatic heterocycles. The quantitative estimate of drug-likeness (QED) is 0.748. The molecule has 6 heteroatoms. The maximum atomic E-state index is 11.0. The Bertz CT molecular complexity index is 752. The topological polar surface area (TPSA) is 54.9 Å². The van der Waals surface area contributed by atoms with E-state index in [0.29, 0.717) is 0 Å². The first-order valence-corrected chi connectivity index (χ1v) is 7.66. The first-order valence-electron chi connectivity index (χ1n) is 5.96. The van der Waals surface area contributed by atoms with Gasteiger partial charge in [0.15, 0.2) is 0 Å². The molecule has 2 heterocycles. The Balaban J connectivity index is 1.84. The largest absolute Gasteiger partial charge is 0.326 e. The van der Waals surface area contributed by atoms with E-state index in [9.17, 15) is 4.79 Å². The highest BCUT2D eigenvalue weighted by atomic mass is 32.2. The number of amides is 1. The van der Waals surface area contributed by atoms with Crippen LogP contribution < -0.4 is 5.32 Å². The van der Waals surface area contributed by atoms with Crippen molar-refractivity contribution in [3.63, 3.8) is 0 Å². The number of fused-ring (bicyclic) bond motifs is 1. The zero-order valence-corrected chi connectivity index (χ0v) is 12.3. The number of hydrogen-bond acceptors (Lipinski definition) is 5. The number of nitrogens with one attached hydrogen (secondary N) is 1. The van der Waals surface area contributed by atoms with Crippen molar-refractivity contribution in [3.8, 4) is 0 Å². The van der Waals surface area contributed by atoms with Crippen LogP contribution in [0.4, 0.5) is 5.69 Å². The summed E-state index contributed by atoms with van der Waals surface area (Å²) < 4.78 is 0. The molecule has 1 aromatic carbocycles. The van der Waals surface area contributed by atoms with E-state index in [1.165, 1.54) is 6.92 Å². The van der Waals surface area contributed by atoms with Crippen LogP contribution in [0, 0.1) is 0 Å². The highest BCUT2D eigenvalue weighted by Crippen LogP contribution is 2.33. The summed E-state index contributed by atoms with van der Waals surface area (Å²) in [5.41, 5.74) is 0.796. The van der Waals surface area contributed by atoms with E-state index in [0.717, 1.165) is 25.8 Å². The highest BCUT2D eigenvalue weighted by molar-refractivity contribution is 7.99. The number of carbonyl (C=O) groups excluding carboxylic acids is 1. The molecule has 3 rings (SSSR count). The van der Waals surface area contributed by atoms with Crippen molar-refractivity contribution < 1.29 is 4.79 Å². The number of aromatic nitrogens is 2. The molecule has 0 aliphatic rings. The molecule has 0 saturated heterocycles. The summed E-state index contributed by atoms with van der Waals surface area (Å²) in [7, 11) is 0. The minimum atomic E-state index is -0.0683. The SMILES string of the molecule is CC(=O)Nc1ccc(Sc2ncnc3sccc23)cc1. The predicted molar refractivity (Wildman–Crippen MR) is 82.3 cm³/mol. The van der Waals surface area contributed by atoms with Gasteiger partial charge in [0.05, 0.1) is 0 Å². The maximum Gasteiger partial charge on any atom is 0.221 e. The number of rotatable bonds is 3. The Labute approximate surface area is 124 Å². The van der Waals surface area contributed by atoms with Gasteiger partial charge >= 0.3 is 0 Å². The van der Waals surface area contributed by atoms with Gasteiger partial charge in [-0.25, -0.2) is 9.97 Å². The molecule has 0 radical (unpaired) electrons. The summed E-state index contributed by atoms with van der Waals surface area (Å²) in [6.45, 7) is 1.50. The number of benzene rings is 1. The molecule has 0 atom stereocenters. The van der Waals surface area contributed by atoms with Crippen LogP contribution in [0.5, 0.6) is 0 Å². The molecular weight excluding hydrogens is 290 g/mol. The Morgan fingerprint density at radius 3 is 2.75 bits per heavy atom. The molecule has 0 saturated carbocycles. The molecule has 0 spiro atoms. The lowest BCUT2D eigenvalue weighted by molar-refractivity contribution is -0.114. The van der Waals surface area contributed by atoms with Gasteiger partial charge in [-0.1, -0.05) is 11.8 Å². The molecular formula is C14H11N3OS2. The van der Waals surface area contributed by atoms with Crippen molar-refractivity contribution in [2.24, 2.45) is 0 Å². The molecule has 2 aromatic heterocycles. The van der Waals surface area contributed by atoms with Crippen LogP contribution in [-0.4, -0.2) is 15.9 Å². The van der Waals surface area contributed by atoms with Crippen molar-refractivity contribution in [2.45, 2.75) is 16.8 Å². The van der Waals surface area contributed by atoms with Crippen LogP contribution >= 0.6 is 23.1 Å². The summed E-state index contributed by atoms with van der Waals surface area (Å²) in [4.78, 5) is 21.6. The fraction of sp³-hybridized carbons (Fsp3) is 0.0714. The molecule has 4 nitrogen and oxygen atoms in total. The predicted octanol–water partition coefficient (Wildman–Crippen LogP) is 3.80. The minimum Gasteiger partial charge on any atom is -0.326 e. The average molecular weight is 301 g/mol. The van der Waals surface area contributed by atoms with E-state index in [4.69, 9.17) is 0 Å². The van der Waals surface area contributed by atoms with Crippen LogP contribution in [-0.2, 0) is 4.79 Å². The van der Waals surface area contributed by atoms with Crippen LogP contribution in [0.25, 0.3) is 10.2 Å². The van der Waals surface area contributed by atoms with Gasteiger partial charge in [-0.15, -0.1) is 11.3 Å². The molecule has 0 aliphatic carbocycles. The summed E-state index contributed by atoms with van der Waals surface area (Å²) in [6.07, 6.45) is 1.59. The Morgan fingerprint density at radius 2 is 2.00 bits per heavy atom. The lowest BCUT2D eigenvalue weighted by Gasteiger charge is -2.04. The lowest BCUT2D eigenvalue weighted by Crippen LogP contribution is -2.05. The molecule has 0 bridgehead atoms. The second-order valence-electron chi connectivity index (χ2n) is 4.13. The van der Waals surface area contributed by atoms with Gasteiger partial charge < -0.3 is 5.32 Å². The molecule has 0 unspecified atom stereocenters. The van der Waals surface area contributed by atoms with Crippen molar-refractivity contribution in [3.05, 3.63) is 42.0 Å². The van der Waals surface area contributed by atoms with Gasteiger partial charge in [-0.05, 0) is 35.7 Å². The Morgan fingerprint density at radius 1 is 1.20 bits per heavy atom. The number of hydrogen-bond donors (Lipinski definition) is 1. The summed E-state index contributed by atoms with van der Waals surface area (Å²) in [5.74, 6) is -0.0683. The van der Waals surface area contributed by atoms with Gasteiger partial charge in [-0.3, -0.25) is 4.79 Å². The van der Waals surface area contributed by atoms with Crippen LogP contribution in [0.2, 0.25) is 0 Å². The summed E-state index contributed by atoms with van der Waals surface area (Å²) in [5, 5.41) is 6.79. The van der Waals surface area contributed by atoms with Gasteiger partial charge in [-0.2, -0.15) is 0 Å². The minimum absolute atomic E-state index is 0.0683. The first-order chi connectivity index (χ1) is 9.72. The lowest BCUT2D eigenvalue weighted by atomic mass is 10.3. The van der Waals surface area contributed by atoms with Gasteiger partial charge in [0.2, 0.25) is 5.91 Å².